The van der Waals surface area contributed by atoms with Crippen molar-refractivity contribution in [3.8, 4) is 0 Å². The molecule has 0 spiro atoms. The van der Waals surface area contributed by atoms with Gasteiger partial charge in [-0.3, -0.25) is 0 Å². The van der Waals surface area contributed by atoms with Crippen molar-refractivity contribution in [2.75, 3.05) is 24.4 Å². The fraction of sp³-hybridized carbons (Fsp3) is 0.318. The predicted octanol–water partition coefficient (Wildman–Crippen LogP) is 3.75. The highest BCUT2D eigenvalue weighted by atomic mass is 16.3. The number of aliphatic hydroxyl groups excluding tert-OH is 2. The van der Waals surface area contributed by atoms with Gasteiger partial charge in [-0.2, -0.15) is 0 Å². The molecule has 0 unspecified atom stereocenters. The van der Waals surface area contributed by atoms with E-state index in [1.165, 1.54) is 6.08 Å². The topological polar surface area (TPSA) is 87.5 Å². The Morgan fingerprint density at radius 2 is 1.96 bits per heavy atom. The fourth-order valence-electron chi connectivity index (χ4n) is 3.35. The first kappa shape index (κ1) is 21.3. The first-order valence-electron chi connectivity index (χ1n) is 9.37. The molecule has 0 amide bonds. The molecule has 28 heavy (non-hydrogen) atoms. The zero-order valence-electron chi connectivity index (χ0n) is 16.8. The van der Waals surface area contributed by atoms with Crippen LogP contribution in [0.2, 0.25) is 0 Å². The zero-order chi connectivity index (χ0) is 20.7. The second-order valence-corrected chi connectivity index (χ2v) is 6.68. The lowest BCUT2D eigenvalue weighted by Gasteiger charge is -2.25. The number of hydrogen-bond donors (Lipinski definition) is 3. The zero-order valence-corrected chi connectivity index (χ0v) is 16.8. The number of nitrogen functional groups attached to an aromatic ring is 1. The Hall–Kier alpha value is -2.99. The molecular weight excluding hydrogens is 352 g/mol. The maximum absolute atomic E-state index is 10.4. The summed E-state index contributed by atoms with van der Waals surface area (Å²) in [6.45, 7) is 8.84. The molecule has 1 saturated heterocycles. The van der Waals surface area contributed by atoms with Gasteiger partial charge in [0.05, 0.1) is 11.9 Å². The molecule has 1 aromatic heterocycles. The maximum Gasteiger partial charge on any atom is 0.219 e. The average molecular weight is 383 g/mol. The van der Waals surface area contributed by atoms with Gasteiger partial charge in [-0.15, -0.1) is 0 Å². The van der Waals surface area contributed by atoms with Crippen LogP contribution >= 0.6 is 0 Å². The van der Waals surface area contributed by atoms with Crippen LogP contribution in [0.15, 0.2) is 61.0 Å². The molecule has 1 atom stereocenters. The highest BCUT2D eigenvalue weighted by Crippen LogP contribution is 2.26. The smallest absolute Gasteiger partial charge is 0.219 e. The van der Waals surface area contributed by atoms with Gasteiger partial charge < -0.3 is 21.0 Å². The highest BCUT2D eigenvalue weighted by Gasteiger charge is 2.23. The number of rotatable bonds is 5. The second kappa shape index (κ2) is 9.80. The van der Waals surface area contributed by atoms with E-state index in [9.17, 15) is 5.11 Å². The van der Waals surface area contributed by atoms with Gasteiger partial charge in [0.25, 0.3) is 0 Å². The number of benzene rings is 1. The molecule has 1 aliphatic rings. The monoisotopic (exact) mass is 382 g/mol. The van der Waals surface area contributed by atoms with Gasteiger partial charge in [0.2, 0.25) is 5.95 Å². The van der Waals surface area contributed by atoms with Crippen molar-refractivity contribution in [3.63, 3.8) is 0 Å². The summed E-state index contributed by atoms with van der Waals surface area (Å²) >= 11 is 0. The molecule has 150 valence electrons. The van der Waals surface area contributed by atoms with E-state index in [1.54, 1.807) is 0 Å². The fourth-order valence-corrected chi connectivity index (χ4v) is 3.35. The lowest BCUT2D eigenvalue weighted by atomic mass is 10.0. The first-order valence-corrected chi connectivity index (χ1v) is 9.37. The Morgan fingerprint density at radius 3 is 2.54 bits per heavy atom. The van der Waals surface area contributed by atoms with Crippen LogP contribution in [-0.2, 0) is 0 Å². The summed E-state index contributed by atoms with van der Waals surface area (Å²) in [6.07, 6.45) is 7.52. The molecule has 0 bridgehead atoms. The second-order valence-electron chi connectivity index (χ2n) is 6.68. The number of hydrogen-bond acceptors (Lipinski definition) is 5. The van der Waals surface area contributed by atoms with E-state index in [2.05, 4.69) is 23.5 Å². The van der Waals surface area contributed by atoms with Gasteiger partial charge in [-0.1, -0.05) is 36.9 Å². The Bertz CT molecular complexity index is 853. The summed E-state index contributed by atoms with van der Waals surface area (Å²) in [4.78, 5) is 4.49. The Balaban J connectivity index is 0.00000136. The molecule has 0 saturated carbocycles. The van der Waals surface area contributed by atoms with Gasteiger partial charge in [0.1, 0.15) is 5.76 Å². The van der Waals surface area contributed by atoms with Crippen molar-refractivity contribution in [2.24, 2.45) is 0 Å². The van der Waals surface area contributed by atoms with Gasteiger partial charge in [-0.05, 0) is 50.0 Å². The minimum atomic E-state index is 0.0828. The molecule has 3 rings (SSSR count). The van der Waals surface area contributed by atoms with Crippen molar-refractivity contribution in [1.29, 1.82) is 0 Å². The van der Waals surface area contributed by atoms with Crippen LogP contribution in [0, 0.1) is 0 Å². The molecule has 6 nitrogen and oxygen atoms in total. The molecule has 1 fully saturated rings. The minimum absolute atomic E-state index is 0.0828. The van der Waals surface area contributed by atoms with Crippen LogP contribution in [0.5, 0.6) is 0 Å². The van der Waals surface area contributed by atoms with Crippen LogP contribution in [0.25, 0.3) is 11.1 Å². The third-order valence-electron chi connectivity index (χ3n) is 4.84. The number of nitrogens with two attached hydrogens (primary N) is 1. The number of allylic oxidation sites excluding steroid dienone is 4. The van der Waals surface area contributed by atoms with Gasteiger partial charge >= 0.3 is 0 Å². The quantitative estimate of drug-likeness (QED) is 0.541. The number of aromatic nitrogens is 2. The van der Waals surface area contributed by atoms with Crippen molar-refractivity contribution in [2.45, 2.75) is 32.7 Å². The van der Waals surface area contributed by atoms with Crippen molar-refractivity contribution < 1.29 is 10.2 Å². The Labute approximate surface area is 166 Å². The molecular formula is C22H30N4O2. The lowest BCUT2D eigenvalue weighted by molar-refractivity contribution is 0.399. The molecule has 6 heteroatoms. The van der Waals surface area contributed by atoms with E-state index in [4.69, 9.17) is 10.8 Å². The summed E-state index contributed by atoms with van der Waals surface area (Å²) in [5.41, 5.74) is 9.52. The third-order valence-corrected chi connectivity index (χ3v) is 4.84. The van der Waals surface area contributed by atoms with E-state index < -0.39 is 0 Å². The summed E-state index contributed by atoms with van der Waals surface area (Å²) in [7, 11) is 1.00. The largest absolute Gasteiger partial charge is 0.507 e. The molecule has 0 radical (unpaired) electrons. The minimum Gasteiger partial charge on any atom is -0.507 e. The van der Waals surface area contributed by atoms with Crippen LogP contribution in [-0.4, -0.2) is 39.6 Å². The van der Waals surface area contributed by atoms with Gasteiger partial charge in [0.15, 0.2) is 0 Å². The van der Waals surface area contributed by atoms with E-state index in [0.29, 0.717) is 23.3 Å². The van der Waals surface area contributed by atoms with Crippen molar-refractivity contribution in [3.05, 3.63) is 72.3 Å². The van der Waals surface area contributed by atoms with Crippen LogP contribution < -0.4 is 10.7 Å². The molecule has 1 aromatic carbocycles. The summed E-state index contributed by atoms with van der Waals surface area (Å²) < 4.78 is 1.90. The van der Waals surface area contributed by atoms with Gasteiger partial charge in [0, 0.05) is 25.3 Å². The van der Waals surface area contributed by atoms with Gasteiger partial charge in [-0.25, -0.2) is 9.66 Å². The third kappa shape index (κ3) is 4.64. The molecule has 1 aliphatic heterocycles. The van der Waals surface area contributed by atoms with E-state index in [1.807, 2.05) is 54.2 Å². The molecule has 2 aromatic rings. The van der Waals surface area contributed by atoms with Crippen LogP contribution in [0.3, 0.4) is 0 Å². The van der Waals surface area contributed by atoms with E-state index >= 15 is 0 Å². The molecule has 2 heterocycles. The number of aliphatic hydroxyl groups is 2. The summed E-state index contributed by atoms with van der Waals surface area (Å²) in [5.74, 6) is 0.508. The summed E-state index contributed by atoms with van der Waals surface area (Å²) in [6, 6.07) is 10.5. The van der Waals surface area contributed by atoms with Crippen molar-refractivity contribution in [1.82, 2.24) is 9.66 Å². The van der Waals surface area contributed by atoms with E-state index in [0.717, 1.165) is 37.6 Å². The SMILES string of the molecule is C=C/C(O)=C(\C=C(/C)c1ccccc1)c1cn(N2CCC[C@H]2C)c(N)n1.CO. The Morgan fingerprint density at radius 1 is 1.29 bits per heavy atom. The van der Waals surface area contributed by atoms with Crippen molar-refractivity contribution >= 4 is 17.1 Å². The number of imidazole rings is 1. The average Bonchev–Trinajstić information content (AvgIpc) is 3.32. The Kier molecular flexibility index (Phi) is 7.46. The predicted molar refractivity (Wildman–Crippen MR) is 116 cm³/mol. The first-order chi connectivity index (χ1) is 13.5. The maximum atomic E-state index is 10.4. The number of anilines is 1. The molecule has 0 aliphatic carbocycles. The highest BCUT2D eigenvalue weighted by molar-refractivity contribution is 5.84. The normalized spacial score (nSPS) is 17.6. The summed E-state index contributed by atoms with van der Waals surface area (Å²) in [5, 5.41) is 19.6. The van der Waals surface area contributed by atoms with E-state index in [-0.39, 0.29) is 5.76 Å². The number of nitrogens with zero attached hydrogens (tertiary/aromatic N) is 3. The van der Waals surface area contributed by atoms with Crippen LogP contribution in [0.4, 0.5) is 5.95 Å². The lowest BCUT2D eigenvalue weighted by Crippen LogP contribution is -2.37. The molecule has 4 N–H and O–H groups in total. The standard InChI is InChI=1S/C21H26N4O.CH4O/c1-4-20(26)18(13-15(2)17-10-6-5-7-11-17)19-14-25(21(22)23-19)24-12-8-9-16(24)3;1-2/h4-7,10-11,13-14,16,26H,1,8-9,12H2,2-3H3,(H2,22,23);2H,1H3/b15-13+,20-18-;/t16-;/m1./s1. The van der Waals surface area contributed by atoms with Crippen LogP contribution in [0.1, 0.15) is 37.9 Å².